The number of hydrogen-bond donors (Lipinski definition) is 1. The highest BCUT2D eigenvalue weighted by atomic mass is 16.3. The maximum Gasteiger partial charge on any atom is 0.0492 e. The Labute approximate surface area is 75.2 Å². The maximum absolute atomic E-state index is 9.52. The fraction of sp³-hybridized carbons (Fsp3) is 1.00. The first-order valence-electron chi connectivity index (χ1n) is 5.40. The van der Waals surface area contributed by atoms with Crippen LogP contribution in [-0.2, 0) is 0 Å². The van der Waals surface area contributed by atoms with Crippen molar-refractivity contribution in [2.75, 3.05) is 6.61 Å². The minimum atomic E-state index is 0.345. The van der Waals surface area contributed by atoms with Crippen LogP contribution in [0.25, 0.3) is 0 Å². The third kappa shape index (κ3) is 1.02. The second-order valence-corrected chi connectivity index (χ2v) is 4.81. The molecule has 1 heteroatoms. The molecule has 2 rings (SSSR count). The highest BCUT2D eigenvalue weighted by Crippen LogP contribution is 2.55. The minimum Gasteiger partial charge on any atom is -0.396 e. The molecule has 12 heavy (non-hydrogen) atoms. The van der Waals surface area contributed by atoms with E-state index >= 15 is 0 Å². The summed E-state index contributed by atoms with van der Waals surface area (Å²) in [5.41, 5.74) is 0.345. The zero-order valence-electron chi connectivity index (χ0n) is 8.05. The Morgan fingerprint density at radius 3 is 2.75 bits per heavy atom. The van der Waals surface area contributed by atoms with Gasteiger partial charge in [0.05, 0.1) is 0 Å². The topological polar surface area (TPSA) is 20.2 Å². The molecule has 2 fully saturated rings. The van der Waals surface area contributed by atoms with E-state index in [9.17, 15) is 5.11 Å². The first-order chi connectivity index (χ1) is 5.79. The van der Waals surface area contributed by atoms with Crippen LogP contribution in [0.1, 0.15) is 45.4 Å². The molecule has 0 aromatic rings. The van der Waals surface area contributed by atoms with Crippen LogP contribution in [0.3, 0.4) is 0 Å². The lowest BCUT2D eigenvalue weighted by atomic mass is 9.65. The Bertz CT molecular complexity index is 164. The van der Waals surface area contributed by atoms with E-state index in [0.29, 0.717) is 12.0 Å². The van der Waals surface area contributed by atoms with Crippen molar-refractivity contribution in [3.63, 3.8) is 0 Å². The van der Waals surface area contributed by atoms with E-state index in [0.717, 1.165) is 11.8 Å². The zero-order chi connectivity index (χ0) is 8.60. The molecule has 2 aliphatic carbocycles. The molecule has 0 bridgehead atoms. The summed E-state index contributed by atoms with van der Waals surface area (Å²) < 4.78 is 0. The molecule has 1 unspecified atom stereocenters. The van der Waals surface area contributed by atoms with Crippen molar-refractivity contribution < 1.29 is 5.11 Å². The molecule has 0 amide bonds. The highest BCUT2D eigenvalue weighted by Gasteiger charge is 2.48. The van der Waals surface area contributed by atoms with Crippen molar-refractivity contribution in [2.24, 2.45) is 17.3 Å². The summed E-state index contributed by atoms with van der Waals surface area (Å²) in [6.45, 7) is 2.78. The molecule has 0 aliphatic heterocycles. The summed E-state index contributed by atoms with van der Waals surface area (Å²) in [7, 11) is 0. The normalized spacial score (nSPS) is 47.5. The Hall–Kier alpha value is -0.0400. The van der Waals surface area contributed by atoms with Crippen LogP contribution in [0.2, 0.25) is 0 Å². The van der Waals surface area contributed by atoms with Crippen LogP contribution >= 0.6 is 0 Å². The molecule has 1 N–H and O–H groups in total. The van der Waals surface area contributed by atoms with Crippen LogP contribution in [0.4, 0.5) is 0 Å². The third-order valence-electron chi connectivity index (χ3n) is 4.48. The van der Waals surface area contributed by atoms with Crippen LogP contribution in [0.5, 0.6) is 0 Å². The van der Waals surface area contributed by atoms with Gasteiger partial charge >= 0.3 is 0 Å². The Morgan fingerprint density at radius 1 is 1.25 bits per heavy atom. The van der Waals surface area contributed by atoms with Gasteiger partial charge < -0.3 is 5.11 Å². The fourth-order valence-electron chi connectivity index (χ4n) is 3.52. The second-order valence-electron chi connectivity index (χ2n) is 4.81. The third-order valence-corrected chi connectivity index (χ3v) is 4.48. The maximum atomic E-state index is 9.52. The van der Waals surface area contributed by atoms with Crippen molar-refractivity contribution >= 4 is 0 Å². The molecule has 0 spiro atoms. The molecule has 3 atom stereocenters. The summed E-state index contributed by atoms with van der Waals surface area (Å²) in [4.78, 5) is 0. The van der Waals surface area contributed by atoms with Crippen molar-refractivity contribution in [1.29, 1.82) is 0 Å². The lowest BCUT2D eigenvalue weighted by molar-refractivity contribution is 0.0150. The average Bonchev–Trinajstić information content (AvgIpc) is 2.45. The van der Waals surface area contributed by atoms with Crippen molar-refractivity contribution in [2.45, 2.75) is 45.4 Å². The molecule has 1 nitrogen and oxygen atoms in total. The molecule has 2 aliphatic rings. The van der Waals surface area contributed by atoms with Gasteiger partial charge in [-0.1, -0.05) is 19.8 Å². The fourth-order valence-corrected chi connectivity index (χ4v) is 3.52. The molecule has 70 valence electrons. The molecule has 0 aromatic carbocycles. The van der Waals surface area contributed by atoms with E-state index in [-0.39, 0.29) is 0 Å². The number of aliphatic hydroxyl groups excluding tert-OH is 1. The smallest absolute Gasteiger partial charge is 0.0492 e. The van der Waals surface area contributed by atoms with Gasteiger partial charge in [0, 0.05) is 6.61 Å². The monoisotopic (exact) mass is 168 g/mol. The van der Waals surface area contributed by atoms with Gasteiger partial charge in [-0.2, -0.15) is 0 Å². The van der Waals surface area contributed by atoms with E-state index < -0.39 is 0 Å². The molecular formula is C11H20O. The summed E-state index contributed by atoms with van der Waals surface area (Å²) in [6.07, 6.45) is 8.15. The van der Waals surface area contributed by atoms with E-state index in [4.69, 9.17) is 0 Å². The first-order valence-corrected chi connectivity index (χ1v) is 5.40. The van der Waals surface area contributed by atoms with Crippen molar-refractivity contribution in [3.8, 4) is 0 Å². The van der Waals surface area contributed by atoms with Crippen LogP contribution < -0.4 is 0 Å². The molecule has 0 aromatic heterocycles. The van der Waals surface area contributed by atoms with Crippen LogP contribution in [0, 0.1) is 17.3 Å². The van der Waals surface area contributed by atoms with Crippen molar-refractivity contribution in [1.82, 2.24) is 0 Å². The summed E-state index contributed by atoms with van der Waals surface area (Å²) >= 11 is 0. The largest absolute Gasteiger partial charge is 0.396 e. The van der Waals surface area contributed by atoms with Gasteiger partial charge in [-0.15, -0.1) is 0 Å². The SMILES string of the molecule is CC1CC[C@H]2CCCC[C@@]12CO. The van der Waals surface area contributed by atoms with Crippen LogP contribution in [-0.4, -0.2) is 11.7 Å². The van der Waals surface area contributed by atoms with Crippen LogP contribution in [0.15, 0.2) is 0 Å². The number of hydrogen-bond acceptors (Lipinski definition) is 1. The standard InChI is InChI=1S/C11H20O/c1-9-5-6-10-4-2-3-7-11(9,10)8-12/h9-10,12H,2-8H2,1H3/t9?,10-,11-/m1/s1. The zero-order valence-corrected chi connectivity index (χ0v) is 8.05. The number of rotatable bonds is 1. The molecule has 0 heterocycles. The lowest BCUT2D eigenvalue weighted by Crippen LogP contribution is -2.37. The summed E-state index contributed by atoms with van der Waals surface area (Å²) in [6, 6.07) is 0. The first kappa shape index (κ1) is 8.55. The second kappa shape index (κ2) is 3.02. The van der Waals surface area contributed by atoms with Gasteiger partial charge in [-0.25, -0.2) is 0 Å². The van der Waals surface area contributed by atoms with Crippen molar-refractivity contribution in [3.05, 3.63) is 0 Å². The van der Waals surface area contributed by atoms with E-state index in [1.165, 1.54) is 38.5 Å². The Balaban J connectivity index is 2.19. The average molecular weight is 168 g/mol. The molecule has 0 saturated heterocycles. The van der Waals surface area contributed by atoms with Gasteiger partial charge in [0.1, 0.15) is 0 Å². The Morgan fingerprint density at radius 2 is 2.08 bits per heavy atom. The van der Waals surface area contributed by atoms with Gasteiger partial charge in [0.15, 0.2) is 0 Å². The molecule has 0 radical (unpaired) electrons. The molecular weight excluding hydrogens is 148 g/mol. The predicted molar refractivity (Wildman–Crippen MR) is 49.9 cm³/mol. The predicted octanol–water partition coefficient (Wildman–Crippen LogP) is 2.59. The van der Waals surface area contributed by atoms with E-state index in [1.54, 1.807) is 0 Å². The van der Waals surface area contributed by atoms with E-state index in [2.05, 4.69) is 6.92 Å². The summed E-state index contributed by atoms with van der Waals surface area (Å²) in [5, 5.41) is 9.52. The van der Waals surface area contributed by atoms with Gasteiger partial charge in [-0.05, 0) is 42.9 Å². The van der Waals surface area contributed by atoms with Gasteiger partial charge in [0.25, 0.3) is 0 Å². The van der Waals surface area contributed by atoms with E-state index in [1.807, 2.05) is 0 Å². The highest BCUT2D eigenvalue weighted by molar-refractivity contribution is 4.97. The summed E-state index contributed by atoms with van der Waals surface area (Å²) in [5.74, 6) is 1.62. The lowest BCUT2D eigenvalue weighted by Gasteiger charge is -2.41. The van der Waals surface area contributed by atoms with Gasteiger partial charge in [0.2, 0.25) is 0 Å². The Kier molecular flexibility index (Phi) is 2.16. The minimum absolute atomic E-state index is 0.345. The van der Waals surface area contributed by atoms with Gasteiger partial charge in [-0.3, -0.25) is 0 Å². The number of fused-ring (bicyclic) bond motifs is 1. The quantitative estimate of drug-likeness (QED) is 0.638. The number of aliphatic hydroxyl groups is 1. The molecule has 2 saturated carbocycles.